The second-order valence-electron chi connectivity index (χ2n) is 5.70. The first-order valence-electron chi connectivity index (χ1n) is 6.67. The molecule has 8 nitrogen and oxygen atoms in total. The fraction of sp³-hybridized carbons (Fsp3) is 0.769. The van der Waals surface area contributed by atoms with Crippen molar-refractivity contribution in [2.45, 2.75) is 45.3 Å². The Labute approximate surface area is 124 Å². The molecule has 122 valence electrons. The number of hydrogen-bond acceptors (Lipinski definition) is 5. The topological polar surface area (TPSA) is 116 Å². The molecule has 1 atom stereocenters. The molecule has 1 amide bonds. The van der Waals surface area contributed by atoms with Crippen LogP contribution in [0, 0.1) is 0 Å². The minimum Gasteiger partial charge on any atom is -0.473 e. The number of nitrogens with zero attached hydrogens (tertiary/aromatic N) is 1. The van der Waals surface area contributed by atoms with Crippen molar-refractivity contribution < 1.29 is 29.3 Å². The highest BCUT2D eigenvalue weighted by molar-refractivity contribution is 6.27. The number of piperidine rings is 1. The lowest BCUT2D eigenvalue weighted by Crippen LogP contribution is -2.48. The summed E-state index contributed by atoms with van der Waals surface area (Å²) in [6.45, 7) is 7.59. The summed E-state index contributed by atoms with van der Waals surface area (Å²) in [7, 11) is 1.81. The predicted molar refractivity (Wildman–Crippen MR) is 75.2 cm³/mol. The van der Waals surface area contributed by atoms with Crippen LogP contribution in [0.1, 0.15) is 33.6 Å². The van der Waals surface area contributed by atoms with Crippen LogP contribution in [0.2, 0.25) is 0 Å². The van der Waals surface area contributed by atoms with Crippen LogP contribution in [-0.2, 0) is 14.3 Å². The molecule has 0 aliphatic carbocycles. The minimum absolute atomic E-state index is 0.226. The van der Waals surface area contributed by atoms with Gasteiger partial charge in [0.2, 0.25) is 0 Å². The number of aliphatic carboxylic acids is 2. The molecule has 0 aromatic rings. The van der Waals surface area contributed by atoms with E-state index < -0.39 is 17.5 Å². The lowest BCUT2D eigenvalue weighted by molar-refractivity contribution is -0.159. The molecule has 1 rings (SSSR count). The second kappa shape index (κ2) is 8.46. The number of likely N-dealkylation sites (N-methyl/N-ethyl adjacent to an activating group) is 1. The van der Waals surface area contributed by atoms with Crippen molar-refractivity contribution in [3.63, 3.8) is 0 Å². The average Bonchev–Trinajstić information content (AvgIpc) is 2.37. The van der Waals surface area contributed by atoms with Crippen LogP contribution in [-0.4, -0.2) is 64.9 Å². The molecule has 0 aromatic heterocycles. The SMILES string of the molecule is CN(C(=O)OC(C)(C)C)C1CCCNC1.O=C(O)C(=O)O. The Balaban J connectivity index is 0.000000567. The zero-order valence-corrected chi connectivity index (χ0v) is 12.9. The summed E-state index contributed by atoms with van der Waals surface area (Å²) in [6.07, 6.45) is 1.96. The summed E-state index contributed by atoms with van der Waals surface area (Å²) in [6, 6.07) is 0.272. The van der Waals surface area contributed by atoms with E-state index in [1.54, 1.807) is 4.90 Å². The van der Waals surface area contributed by atoms with Gasteiger partial charge in [0.15, 0.2) is 0 Å². The van der Waals surface area contributed by atoms with Gasteiger partial charge in [-0.15, -0.1) is 0 Å². The van der Waals surface area contributed by atoms with Crippen molar-refractivity contribution in [3.05, 3.63) is 0 Å². The standard InChI is InChI=1S/C11H22N2O2.C2H2O4/c1-11(2,3)15-10(14)13(4)9-6-5-7-12-8-9;3-1(4)2(5)6/h9,12H,5-8H2,1-4H3;(H,3,4)(H,5,6). The molecular weight excluding hydrogens is 280 g/mol. The van der Waals surface area contributed by atoms with E-state index in [1.165, 1.54) is 0 Å². The van der Waals surface area contributed by atoms with E-state index in [2.05, 4.69) is 5.32 Å². The molecule has 3 N–H and O–H groups in total. The zero-order chi connectivity index (χ0) is 16.6. The van der Waals surface area contributed by atoms with Crippen LogP contribution < -0.4 is 5.32 Å². The number of rotatable bonds is 1. The monoisotopic (exact) mass is 304 g/mol. The van der Waals surface area contributed by atoms with E-state index in [9.17, 15) is 4.79 Å². The highest BCUT2D eigenvalue weighted by Crippen LogP contribution is 2.14. The molecule has 1 heterocycles. The Kier molecular flexibility index (Phi) is 7.72. The van der Waals surface area contributed by atoms with Gasteiger partial charge in [-0.3, -0.25) is 0 Å². The number of nitrogens with one attached hydrogen (secondary N) is 1. The van der Waals surface area contributed by atoms with Gasteiger partial charge in [0.25, 0.3) is 0 Å². The van der Waals surface area contributed by atoms with Gasteiger partial charge in [-0.05, 0) is 40.2 Å². The molecular formula is C13H24N2O6. The highest BCUT2D eigenvalue weighted by Gasteiger charge is 2.26. The Bertz CT molecular complexity index is 359. The average molecular weight is 304 g/mol. The van der Waals surface area contributed by atoms with E-state index in [1.807, 2.05) is 27.8 Å². The predicted octanol–water partition coefficient (Wildman–Crippen LogP) is 0.761. The first-order valence-corrected chi connectivity index (χ1v) is 6.67. The maximum absolute atomic E-state index is 11.7. The third-order valence-electron chi connectivity index (χ3n) is 2.68. The van der Waals surface area contributed by atoms with E-state index in [-0.39, 0.29) is 12.1 Å². The molecule has 1 fully saturated rings. The largest absolute Gasteiger partial charge is 0.473 e. The second-order valence-corrected chi connectivity index (χ2v) is 5.70. The summed E-state index contributed by atoms with van der Waals surface area (Å²) in [5.41, 5.74) is -0.409. The summed E-state index contributed by atoms with van der Waals surface area (Å²) in [5, 5.41) is 18.1. The Hall–Kier alpha value is -1.83. The number of ether oxygens (including phenoxy) is 1. The lowest BCUT2D eigenvalue weighted by Gasteiger charge is -2.33. The third kappa shape index (κ3) is 8.85. The maximum Gasteiger partial charge on any atom is 0.414 e. The maximum atomic E-state index is 11.7. The molecule has 1 unspecified atom stereocenters. The summed E-state index contributed by atoms with van der Waals surface area (Å²) < 4.78 is 5.31. The van der Waals surface area contributed by atoms with Crippen LogP contribution in [0.4, 0.5) is 4.79 Å². The van der Waals surface area contributed by atoms with Crippen molar-refractivity contribution in [2.75, 3.05) is 20.1 Å². The van der Waals surface area contributed by atoms with Gasteiger partial charge in [-0.25, -0.2) is 14.4 Å². The quantitative estimate of drug-likeness (QED) is 0.612. The third-order valence-corrected chi connectivity index (χ3v) is 2.68. The summed E-state index contributed by atoms with van der Waals surface area (Å²) in [4.78, 5) is 31.6. The van der Waals surface area contributed by atoms with Crippen molar-refractivity contribution in [1.82, 2.24) is 10.2 Å². The van der Waals surface area contributed by atoms with E-state index in [4.69, 9.17) is 24.5 Å². The zero-order valence-electron chi connectivity index (χ0n) is 12.9. The summed E-state index contributed by atoms with van der Waals surface area (Å²) >= 11 is 0. The van der Waals surface area contributed by atoms with Gasteiger partial charge in [-0.1, -0.05) is 0 Å². The van der Waals surface area contributed by atoms with E-state index in [0.29, 0.717) is 0 Å². The van der Waals surface area contributed by atoms with Crippen molar-refractivity contribution in [1.29, 1.82) is 0 Å². The minimum atomic E-state index is -1.82. The molecule has 1 aliphatic rings. The van der Waals surface area contributed by atoms with Crippen molar-refractivity contribution in [3.8, 4) is 0 Å². The van der Waals surface area contributed by atoms with E-state index in [0.717, 1.165) is 25.9 Å². The molecule has 1 aliphatic heterocycles. The molecule has 8 heteroatoms. The molecule has 0 spiro atoms. The first-order chi connectivity index (χ1) is 9.54. The van der Waals surface area contributed by atoms with E-state index >= 15 is 0 Å². The highest BCUT2D eigenvalue weighted by atomic mass is 16.6. The smallest absolute Gasteiger partial charge is 0.414 e. The van der Waals surface area contributed by atoms with Crippen molar-refractivity contribution >= 4 is 18.0 Å². The number of carboxylic acid groups (broad SMARTS) is 2. The molecule has 0 radical (unpaired) electrons. The van der Waals surface area contributed by atoms with Gasteiger partial charge in [-0.2, -0.15) is 0 Å². The van der Waals surface area contributed by atoms with Gasteiger partial charge >= 0.3 is 18.0 Å². The van der Waals surface area contributed by atoms with Crippen LogP contribution in [0.25, 0.3) is 0 Å². The van der Waals surface area contributed by atoms with Crippen molar-refractivity contribution in [2.24, 2.45) is 0 Å². The van der Waals surface area contributed by atoms with Crippen LogP contribution >= 0.6 is 0 Å². The number of carbonyl (C=O) groups excluding carboxylic acids is 1. The number of carboxylic acids is 2. The number of hydrogen-bond donors (Lipinski definition) is 3. The normalized spacial score (nSPS) is 18.0. The molecule has 0 saturated carbocycles. The first kappa shape index (κ1) is 19.2. The van der Waals surface area contributed by atoms with Crippen LogP contribution in [0.5, 0.6) is 0 Å². The van der Waals surface area contributed by atoms with Crippen LogP contribution in [0.15, 0.2) is 0 Å². The van der Waals surface area contributed by atoms with Gasteiger partial charge in [0.05, 0.1) is 0 Å². The van der Waals surface area contributed by atoms with Gasteiger partial charge in [0, 0.05) is 19.6 Å². The number of carbonyl (C=O) groups is 3. The molecule has 0 aromatic carbocycles. The molecule has 21 heavy (non-hydrogen) atoms. The van der Waals surface area contributed by atoms with Gasteiger partial charge in [0.1, 0.15) is 5.60 Å². The Morgan fingerprint density at radius 3 is 2.05 bits per heavy atom. The Morgan fingerprint density at radius 2 is 1.71 bits per heavy atom. The van der Waals surface area contributed by atoms with Crippen LogP contribution in [0.3, 0.4) is 0 Å². The molecule has 1 saturated heterocycles. The van der Waals surface area contributed by atoms with Gasteiger partial charge < -0.3 is 25.2 Å². The molecule has 0 bridgehead atoms. The fourth-order valence-electron chi connectivity index (χ4n) is 1.65. The lowest BCUT2D eigenvalue weighted by atomic mass is 10.1. The Morgan fingerprint density at radius 1 is 1.19 bits per heavy atom. The number of amides is 1. The fourth-order valence-corrected chi connectivity index (χ4v) is 1.65. The summed E-state index contributed by atoms with van der Waals surface area (Å²) in [5.74, 6) is -3.65.